The standard InChI is InChI=1S/C20H21N5O4/c1-14-17(23-29-22-14)12-24(2)20(28)16-8-9-19(27)25(11-16)13-18(26)21-10-15-6-4-3-5-7-15/h3-9,11H,10,12-13H2,1-2H3,(H,21,26). The van der Waals surface area contributed by atoms with E-state index in [0.29, 0.717) is 17.9 Å². The summed E-state index contributed by atoms with van der Waals surface area (Å²) in [6.45, 7) is 2.13. The van der Waals surface area contributed by atoms with Crippen LogP contribution in [0.5, 0.6) is 0 Å². The molecule has 1 aromatic carbocycles. The van der Waals surface area contributed by atoms with Crippen molar-refractivity contribution >= 4 is 11.8 Å². The molecule has 3 aromatic rings. The summed E-state index contributed by atoms with van der Waals surface area (Å²) in [6.07, 6.45) is 1.39. The summed E-state index contributed by atoms with van der Waals surface area (Å²) in [7, 11) is 1.61. The first-order valence-corrected chi connectivity index (χ1v) is 8.98. The van der Waals surface area contributed by atoms with Crippen molar-refractivity contribution in [3.8, 4) is 0 Å². The lowest BCUT2D eigenvalue weighted by Crippen LogP contribution is -2.33. The molecule has 9 heteroatoms. The number of carbonyl (C=O) groups excluding carboxylic acids is 2. The van der Waals surface area contributed by atoms with Crippen molar-refractivity contribution < 1.29 is 14.2 Å². The minimum Gasteiger partial charge on any atom is -0.350 e. The monoisotopic (exact) mass is 395 g/mol. The van der Waals surface area contributed by atoms with Crippen LogP contribution in [0.3, 0.4) is 0 Å². The lowest BCUT2D eigenvalue weighted by Gasteiger charge is -2.16. The van der Waals surface area contributed by atoms with Gasteiger partial charge in [0, 0.05) is 25.9 Å². The third-order valence-corrected chi connectivity index (χ3v) is 4.36. The molecule has 0 aliphatic carbocycles. The molecular weight excluding hydrogens is 374 g/mol. The largest absolute Gasteiger partial charge is 0.350 e. The Labute approximate surface area is 166 Å². The Balaban J connectivity index is 1.65. The molecular formula is C20H21N5O4. The first-order valence-electron chi connectivity index (χ1n) is 8.98. The van der Waals surface area contributed by atoms with Crippen molar-refractivity contribution in [3.63, 3.8) is 0 Å². The van der Waals surface area contributed by atoms with E-state index in [1.54, 1.807) is 14.0 Å². The minimum atomic E-state index is -0.365. The molecule has 9 nitrogen and oxygen atoms in total. The number of aromatic nitrogens is 3. The number of carbonyl (C=O) groups is 2. The van der Waals surface area contributed by atoms with Crippen LogP contribution in [-0.2, 0) is 24.4 Å². The Hall–Kier alpha value is -3.75. The molecule has 0 saturated heterocycles. The molecule has 0 unspecified atom stereocenters. The van der Waals surface area contributed by atoms with E-state index in [9.17, 15) is 14.4 Å². The average Bonchev–Trinajstić information content (AvgIpc) is 3.12. The van der Waals surface area contributed by atoms with Crippen LogP contribution in [0.4, 0.5) is 0 Å². The molecule has 150 valence electrons. The van der Waals surface area contributed by atoms with Crippen LogP contribution in [0, 0.1) is 6.92 Å². The first-order chi connectivity index (χ1) is 13.9. The zero-order valence-corrected chi connectivity index (χ0v) is 16.2. The Morgan fingerprint density at radius 1 is 1.14 bits per heavy atom. The van der Waals surface area contributed by atoms with Gasteiger partial charge in [0.15, 0.2) is 0 Å². The van der Waals surface area contributed by atoms with Crippen LogP contribution in [0.2, 0.25) is 0 Å². The summed E-state index contributed by atoms with van der Waals surface area (Å²) in [6, 6.07) is 12.2. The van der Waals surface area contributed by atoms with Gasteiger partial charge in [-0.25, -0.2) is 4.63 Å². The van der Waals surface area contributed by atoms with E-state index in [0.717, 1.165) is 5.56 Å². The average molecular weight is 395 g/mol. The highest BCUT2D eigenvalue weighted by Gasteiger charge is 2.17. The fraction of sp³-hybridized carbons (Fsp3) is 0.250. The summed E-state index contributed by atoms with van der Waals surface area (Å²) in [4.78, 5) is 38.4. The van der Waals surface area contributed by atoms with Gasteiger partial charge in [0.05, 0.1) is 12.1 Å². The second-order valence-corrected chi connectivity index (χ2v) is 6.60. The first kappa shape index (κ1) is 20.0. The van der Waals surface area contributed by atoms with E-state index >= 15 is 0 Å². The van der Waals surface area contributed by atoms with E-state index in [1.807, 2.05) is 30.3 Å². The second-order valence-electron chi connectivity index (χ2n) is 6.60. The van der Waals surface area contributed by atoms with E-state index in [1.165, 1.54) is 27.8 Å². The normalized spacial score (nSPS) is 10.6. The number of aryl methyl sites for hydroxylation is 1. The van der Waals surface area contributed by atoms with Crippen molar-refractivity contribution in [3.05, 3.63) is 81.5 Å². The molecule has 0 atom stereocenters. The van der Waals surface area contributed by atoms with Gasteiger partial charge in [-0.2, -0.15) is 0 Å². The summed E-state index contributed by atoms with van der Waals surface area (Å²) in [5, 5.41) is 10.2. The van der Waals surface area contributed by atoms with E-state index in [4.69, 9.17) is 0 Å². The number of nitrogens with zero attached hydrogens (tertiary/aromatic N) is 4. The molecule has 1 N–H and O–H groups in total. The van der Waals surface area contributed by atoms with Gasteiger partial charge < -0.3 is 14.8 Å². The maximum absolute atomic E-state index is 12.7. The van der Waals surface area contributed by atoms with Crippen molar-refractivity contribution in [1.82, 2.24) is 25.1 Å². The number of amides is 2. The molecule has 2 amide bonds. The Kier molecular flexibility index (Phi) is 6.18. The van der Waals surface area contributed by atoms with Gasteiger partial charge in [-0.1, -0.05) is 40.6 Å². The van der Waals surface area contributed by atoms with Gasteiger partial charge >= 0.3 is 0 Å². The molecule has 0 bridgehead atoms. The van der Waals surface area contributed by atoms with Crippen molar-refractivity contribution in [2.75, 3.05) is 7.05 Å². The predicted molar refractivity (Wildman–Crippen MR) is 104 cm³/mol. The van der Waals surface area contributed by atoms with Crippen LogP contribution in [0.25, 0.3) is 0 Å². The third-order valence-electron chi connectivity index (χ3n) is 4.36. The highest BCUT2D eigenvalue weighted by atomic mass is 16.6. The van der Waals surface area contributed by atoms with E-state index in [-0.39, 0.29) is 36.0 Å². The molecule has 0 radical (unpaired) electrons. The highest BCUT2D eigenvalue weighted by Crippen LogP contribution is 2.08. The van der Waals surface area contributed by atoms with Gasteiger partial charge in [0.2, 0.25) is 5.91 Å². The molecule has 29 heavy (non-hydrogen) atoms. The zero-order chi connectivity index (χ0) is 20.8. The maximum atomic E-state index is 12.7. The number of hydrogen-bond donors (Lipinski definition) is 1. The van der Waals surface area contributed by atoms with Gasteiger partial charge in [-0.15, -0.1) is 0 Å². The molecule has 0 saturated carbocycles. The highest BCUT2D eigenvalue weighted by molar-refractivity contribution is 5.93. The summed E-state index contributed by atoms with van der Waals surface area (Å²) in [5.74, 6) is -0.635. The quantitative estimate of drug-likeness (QED) is 0.642. The molecule has 2 heterocycles. The van der Waals surface area contributed by atoms with Crippen molar-refractivity contribution in [2.24, 2.45) is 0 Å². The number of hydrogen-bond acceptors (Lipinski definition) is 6. The fourth-order valence-electron chi connectivity index (χ4n) is 2.70. The molecule has 3 rings (SSSR count). The predicted octanol–water partition coefficient (Wildman–Crippen LogP) is 1.13. The van der Waals surface area contributed by atoms with E-state index in [2.05, 4.69) is 20.3 Å². The third kappa shape index (κ3) is 5.16. The van der Waals surface area contributed by atoms with Crippen molar-refractivity contribution in [2.45, 2.75) is 26.6 Å². The van der Waals surface area contributed by atoms with Gasteiger partial charge in [-0.05, 0) is 18.6 Å². The van der Waals surface area contributed by atoms with Gasteiger partial charge in [-0.3, -0.25) is 14.4 Å². The van der Waals surface area contributed by atoms with Crippen LogP contribution in [-0.4, -0.2) is 38.6 Å². The maximum Gasteiger partial charge on any atom is 0.255 e. The van der Waals surface area contributed by atoms with Gasteiger partial charge in [0.25, 0.3) is 11.5 Å². The number of nitrogens with one attached hydrogen (secondary N) is 1. The van der Waals surface area contributed by atoms with Crippen LogP contribution < -0.4 is 10.9 Å². The van der Waals surface area contributed by atoms with Gasteiger partial charge in [0.1, 0.15) is 17.9 Å². The van der Waals surface area contributed by atoms with Crippen molar-refractivity contribution in [1.29, 1.82) is 0 Å². The topological polar surface area (TPSA) is 110 Å². The summed E-state index contributed by atoms with van der Waals surface area (Å²) < 4.78 is 5.85. The zero-order valence-electron chi connectivity index (χ0n) is 16.2. The Morgan fingerprint density at radius 2 is 1.90 bits per heavy atom. The van der Waals surface area contributed by atoms with Crippen LogP contribution in [0.1, 0.15) is 27.3 Å². The molecule has 0 aliphatic rings. The summed E-state index contributed by atoms with van der Waals surface area (Å²) >= 11 is 0. The Bertz CT molecular complexity index is 1060. The van der Waals surface area contributed by atoms with Crippen LogP contribution >= 0.6 is 0 Å². The lowest BCUT2D eigenvalue weighted by molar-refractivity contribution is -0.121. The van der Waals surface area contributed by atoms with E-state index < -0.39 is 0 Å². The smallest absolute Gasteiger partial charge is 0.255 e. The molecule has 0 fully saturated rings. The molecule has 2 aromatic heterocycles. The molecule has 0 aliphatic heterocycles. The SMILES string of the molecule is Cc1nonc1CN(C)C(=O)c1ccc(=O)n(CC(=O)NCc2ccccc2)c1. The number of pyridine rings is 1. The second kappa shape index (κ2) is 8.96. The Morgan fingerprint density at radius 3 is 2.59 bits per heavy atom. The lowest BCUT2D eigenvalue weighted by atomic mass is 10.2. The molecule has 0 spiro atoms. The minimum absolute atomic E-state index is 0.178. The number of benzene rings is 1. The fourth-order valence-corrected chi connectivity index (χ4v) is 2.70. The summed E-state index contributed by atoms with van der Waals surface area (Å²) in [5.41, 5.74) is 2.03. The van der Waals surface area contributed by atoms with Crippen LogP contribution in [0.15, 0.2) is 58.1 Å². The number of rotatable bonds is 7.